The van der Waals surface area contributed by atoms with E-state index >= 15 is 0 Å². The van der Waals surface area contributed by atoms with Crippen LogP contribution in [0.15, 0.2) is 36.4 Å². The predicted octanol–water partition coefficient (Wildman–Crippen LogP) is 2.28. The largest absolute Gasteiger partial charge is 0.493 e. The molecule has 2 aromatic carbocycles. The monoisotopic (exact) mass is 287 g/mol. The molecule has 0 spiro atoms. The van der Waals surface area contributed by atoms with Gasteiger partial charge in [-0.1, -0.05) is 24.3 Å². The summed E-state index contributed by atoms with van der Waals surface area (Å²) in [6, 6.07) is 12.2. The molecule has 0 aliphatic carbocycles. The van der Waals surface area contributed by atoms with Crippen molar-refractivity contribution in [3.8, 4) is 5.75 Å². The molecule has 0 aliphatic rings. The number of aliphatic hydroxyl groups excluding tert-OH is 1. The first-order chi connectivity index (χ1) is 10.2. The minimum Gasteiger partial charge on any atom is -0.493 e. The first-order valence-corrected chi connectivity index (χ1v) is 7.20. The molecule has 2 aromatic rings. The van der Waals surface area contributed by atoms with Crippen LogP contribution in [0.4, 0.5) is 0 Å². The zero-order valence-corrected chi connectivity index (χ0v) is 12.3. The van der Waals surface area contributed by atoms with Gasteiger partial charge in [-0.2, -0.15) is 0 Å². The zero-order chi connectivity index (χ0) is 15.1. The van der Waals surface area contributed by atoms with Gasteiger partial charge in [0.05, 0.1) is 6.61 Å². The van der Waals surface area contributed by atoms with Crippen LogP contribution in [0, 0.1) is 0 Å². The summed E-state index contributed by atoms with van der Waals surface area (Å²) in [7, 11) is 0. The van der Waals surface area contributed by atoms with Gasteiger partial charge in [0.25, 0.3) is 0 Å². The number of amides is 1. The van der Waals surface area contributed by atoms with Crippen LogP contribution in [0.5, 0.6) is 5.75 Å². The van der Waals surface area contributed by atoms with Crippen molar-refractivity contribution in [3.05, 3.63) is 42.0 Å². The van der Waals surface area contributed by atoms with Crippen molar-refractivity contribution in [3.63, 3.8) is 0 Å². The number of hydrogen-bond donors (Lipinski definition) is 2. The Labute approximate surface area is 124 Å². The number of hydrogen-bond acceptors (Lipinski definition) is 3. The highest BCUT2D eigenvalue weighted by atomic mass is 16.5. The average Bonchev–Trinajstić information content (AvgIpc) is 2.47. The van der Waals surface area contributed by atoms with E-state index < -0.39 is 0 Å². The summed E-state index contributed by atoms with van der Waals surface area (Å²) in [5, 5.41) is 13.9. The lowest BCUT2D eigenvalue weighted by Gasteiger charge is -2.10. The van der Waals surface area contributed by atoms with Gasteiger partial charge in [0.1, 0.15) is 5.75 Å². The second kappa shape index (κ2) is 7.64. The Morgan fingerprint density at radius 3 is 2.90 bits per heavy atom. The van der Waals surface area contributed by atoms with E-state index in [2.05, 4.69) is 17.4 Å². The fraction of sp³-hybridized carbons (Fsp3) is 0.353. The minimum atomic E-state index is -0.0109. The smallest absolute Gasteiger partial charge is 0.216 e. The van der Waals surface area contributed by atoms with Crippen molar-refractivity contribution >= 4 is 16.7 Å². The Kier molecular flexibility index (Phi) is 5.58. The topological polar surface area (TPSA) is 58.6 Å². The molecule has 112 valence electrons. The number of nitrogens with one attached hydrogen (secondary N) is 1. The normalized spacial score (nSPS) is 10.6. The number of benzene rings is 2. The third-order valence-corrected chi connectivity index (χ3v) is 3.28. The number of fused-ring (bicyclic) bond motifs is 1. The summed E-state index contributed by atoms with van der Waals surface area (Å²) >= 11 is 0. The molecule has 1 amide bonds. The molecule has 0 aromatic heterocycles. The Bertz CT molecular complexity index is 610. The summed E-state index contributed by atoms with van der Waals surface area (Å²) in [6.07, 6.45) is 1.42. The summed E-state index contributed by atoms with van der Waals surface area (Å²) in [5.41, 5.74) is 1.19. The summed E-state index contributed by atoms with van der Waals surface area (Å²) < 4.78 is 5.62. The maximum Gasteiger partial charge on any atom is 0.216 e. The van der Waals surface area contributed by atoms with Crippen molar-refractivity contribution in [2.75, 3.05) is 19.8 Å². The highest BCUT2D eigenvalue weighted by Gasteiger charge is 2.03. The third kappa shape index (κ3) is 4.46. The van der Waals surface area contributed by atoms with Crippen molar-refractivity contribution in [2.24, 2.45) is 0 Å². The molecule has 4 heteroatoms. The van der Waals surface area contributed by atoms with Gasteiger partial charge in [-0.05, 0) is 34.9 Å². The van der Waals surface area contributed by atoms with Crippen LogP contribution in [-0.2, 0) is 11.2 Å². The van der Waals surface area contributed by atoms with Gasteiger partial charge in [0, 0.05) is 26.5 Å². The van der Waals surface area contributed by atoms with Crippen LogP contribution >= 0.6 is 0 Å². The standard InChI is InChI=1S/C17H21NO3/c1-13(20)18-9-8-15-5-2-4-14-6-7-16(12-17(14)15)21-11-3-10-19/h2,4-7,12,19H,3,8-11H2,1H3,(H,18,20). The van der Waals surface area contributed by atoms with Gasteiger partial charge >= 0.3 is 0 Å². The lowest BCUT2D eigenvalue weighted by atomic mass is 10.0. The molecule has 0 bridgehead atoms. The van der Waals surface area contributed by atoms with Gasteiger partial charge in [-0.3, -0.25) is 4.79 Å². The second-order valence-corrected chi connectivity index (χ2v) is 4.96. The average molecular weight is 287 g/mol. The van der Waals surface area contributed by atoms with E-state index in [0.29, 0.717) is 19.6 Å². The lowest BCUT2D eigenvalue weighted by molar-refractivity contribution is -0.118. The van der Waals surface area contributed by atoms with Crippen LogP contribution < -0.4 is 10.1 Å². The Hall–Kier alpha value is -2.07. The molecule has 0 fully saturated rings. The second-order valence-electron chi connectivity index (χ2n) is 4.96. The number of aliphatic hydroxyl groups is 1. The van der Waals surface area contributed by atoms with Crippen molar-refractivity contribution in [1.82, 2.24) is 5.32 Å². The molecule has 2 N–H and O–H groups in total. The molecule has 0 radical (unpaired) electrons. The fourth-order valence-electron chi connectivity index (χ4n) is 2.25. The quantitative estimate of drug-likeness (QED) is 0.768. The summed E-state index contributed by atoms with van der Waals surface area (Å²) in [4.78, 5) is 10.9. The number of ether oxygens (including phenoxy) is 1. The molecule has 4 nitrogen and oxygen atoms in total. The Balaban J connectivity index is 2.15. The minimum absolute atomic E-state index is 0.0109. The maximum atomic E-state index is 10.9. The molecule has 0 aliphatic heterocycles. The molecule has 2 rings (SSSR count). The number of carbonyl (C=O) groups is 1. The number of carbonyl (C=O) groups excluding carboxylic acids is 1. The van der Waals surface area contributed by atoms with Gasteiger partial charge in [-0.15, -0.1) is 0 Å². The predicted molar refractivity (Wildman–Crippen MR) is 83.5 cm³/mol. The van der Waals surface area contributed by atoms with Gasteiger partial charge in [0.2, 0.25) is 5.91 Å². The van der Waals surface area contributed by atoms with Crippen LogP contribution in [0.3, 0.4) is 0 Å². The molecule has 0 saturated heterocycles. The Morgan fingerprint density at radius 2 is 2.14 bits per heavy atom. The third-order valence-electron chi connectivity index (χ3n) is 3.28. The first kappa shape index (κ1) is 15.3. The van der Waals surface area contributed by atoms with Crippen molar-refractivity contribution in [1.29, 1.82) is 0 Å². The van der Waals surface area contributed by atoms with Gasteiger partial charge < -0.3 is 15.2 Å². The van der Waals surface area contributed by atoms with Crippen LogP contribution in [-0.4, -0.2) is 30.8 Å². The van der Waals surface area contributed by atoms with E-state index in [9.17, 15) is 4.79 Å². The van der Waals surface area contributed by atoms with E-state index in [-0.39, 0.29) is 12.5 Å². The molecule has 0 unspecified atom stereocenters. The van der Waals surface area contributed by atoms with Crippen LogP contribution in [0.2, 0.25) is 0 Å². The van der Waals surface area contributed by atoms with Gasteiger partial charge in [0.15, 0.2) is 0 Å². The molecule has 0 heterocycles. The van der Waals surface area contributed by atoms with E-state index in [1.807, 2.05) is 24.3 Å². The fourth-order valence-corrected chi connectivity index (χ4v) is 2.25. The molecule has 0 saturated carbocycles. The van der Waals surface area contributed by atoms with E-state index in [4.69, 9.17) is 9.84 Å². The molecule has 0 atom stereocenters. The van der Waals surface area contributed by atoms with Crippen LogP contribution in [0.1, 0.15) is 18.9 Å². The highest BCUT2D eigenvalue weighted by molar-refractivity contribution is 5.87. The summed E-state index contributed by atoms with van der Waals surface area (Å²) in [6.45, 7) is 2.80. The van der Waals surface area contributed by atoms with Crippen molar-refractivity contribution in [2.45, 2.75) is 19.8 Å². The van der Waals surface area contributed by atoms with E-state index in [1.165, 1.54) is 12.5 Å². The highest BCUT2D eigenvalue weighted by Crippen LogP contribution is 2.24. The maximum absolute atomic E-state index is 10.9. The van der Waals surface area contributed by atoms with Crippen LogP contribution in [0.25, 0.3) is 10.8 Å². The van der Waals surface area contributed by atoms with Gasteiger partial charge in [-0.25, -0.2) is 0 Å². The SMILES string of the molecule is CC(=O)NCCc1cccc2ccc(OCCCO)cc12. The molecular weight excluding hydrogens is 266 g/mol. The number of rotatable bonds is 7. The Morgan fingerprint density at radius 1 is 1.29 bits per heavy atom. The molecular formula is C17H21NO3. The van der Waals surface area contributed by atoms with E-state index in [1.54, 1.807) is 0 Å². The van der Waals surface area contributed by atoms with E-state index in [0.717, 1.165) is 22.9 Å². The lowest BCUT2D eigenvalue weighted by Crippen LogP contribution is -2.22. The van der Waals surface area contributed by atoms with Crippen molar-refractivity contribution < 1.29 is 14.6 Å². The molecule has 21 heavy (non-hydrogen) atoms. The summed E-state index contributed by atoms with van der Waals surface area (Å²) in [5.74, 6) is 0.797. The zero-order valence-electron chi connectivity index (χ0n) is 12.3. The first-order valence-electron chi connectivity index (χ1n) is 7.20.